The van der Waals surface area contributed by atoms with E-state index in [0.29, 0.717) is 22.5 Å². The second-order valence-electron chi connectivity index (χ2n) is 10.3. The van der Waals surface area contributed by atoms with E-state index in [4.69, 9.17) is 0 Å². The SMILES string of the molecule is Cc1cc(NC(C)(C)C(F)(F)F)ncc1-c1sc(C(=O)NCC(C)(C)O)nc1C(=O)N1CCC[C@@H]1C. The minimum Gasteiger partial charge on any atom is -0.389 e. The summed E-state index contributed by atoms with van der Waals surface area (Å²) in [4.78, 5) is 36.8. The third-order valence-electron chi connectivity index (χ3n) is 6.02. The van der Waals surface area contributed by atoms with Crippen molar-refractivity contribution in [3.8, 4) is 10.4 Å². The zero-order valence-electron chi connectivity index (χ0n) is 21.2. The number of aromatic nitrogens is 2. The molecule has 12 heteroatoms. The first-order valence-electron chi connectivity index (χ1n) is 11.6. The monoisotopic (exact) mass is 527 g/mol. The van der Waals surface area contributed by atoms with Gasteiger partial charge in [0.2, 0.25) is 0 Å². The molecule has 36 heavy (non-hydrogen) atoms. The molecule has 0 saturated carbocycles. The molecule has 198 valence electrons. The minimum absolute atomic E-state index is 0.0108. The van der Waals surface area contributed by atoms with E-state index in [1.165, 1.54) is 12.3 Å². The lowest BCUT2D eigenvalue weighted by Gasteiger charge is -2.29. The number of amides is 2. The summed E-state index contributed by atoms with van der Waals surface area (Å²) in [5, 5.41) is 15.0. The predicted octanol–water partition coefficient (Wildman–Crippen LogP) is 4.39. The molecule has 3 N–H and O–H groups in total. The molecule has 0 aromatic carbocycles. The van der Waals surface area contributed by atoms with Crippen LogP contribution < -0.4 is 10.6 Å². The molecule has 3 rings (SSSR count). The number of carbonyl (C=O) groups is 2. The van der Waals surface area contributed by atoms with E-state index in [2.05, 4.69) is 20.6 Å². The summed E-state index contributed by atoms with van der Waals surface area (Å²) in [7, 11) is 0. The van der Waals surface area contributed by atoms with E-state index >= 15 is 0 Å². The van der Waals surface area contributed by atoms with Gasteiger partial charge in [0.15, 0.2) is 5.01 Å². The highest BCUT2D eigenvalue weighted by Gasteiger charge is 2.47. The first-order valence-corrected chi connectivity index (χ1v) is 12.5. The Bertz CT molecular complexity index is 1140. The third-order valence-corrected chi connectivity index (χ3v) is 7.11. The van der Waals surface area contributed by atoms with Gasteiger partial charge < -0.3 is 20.6 Å². The molecule has 1 fully saturated rings. The zero-order chi connectivity index (χ0) is 27.1. The van der Waals surface area contributed by atoms with E-state index in [0.717, 1.165) is 38.0 Å². The second kappa shape index (κ2) is 9.97. The van der Waals surface area contributed by atoms with Gasteiger partial charge in [-0.3, -0.25) is 9.59 Å². The van der Waals surface area contributed by atoms with E-state index in [-0.39, 0.29) is 35.0 Å². The van der Waals surface area contributed by atoms with Crippen molar-refractivity contribution in [2.75, 3.05) is 18.4 Å². The van der Waals surface area contributed by atoms with Crippen molar-refractivity contribution in [1.82, 2.24) is 20.2 Å². The summed E-state index contributed by atoms with van der Waals surface area (Å²) in [5.74, 6) is -0.812. The van der Waals surface area contributed by atoms with Crippen LogP contribution in [0, 0.1) is 6.92 Å². The molecule has 0 aliphatic carbocycles. The minimum atomic E-state index is -4.49. The van der Waals surface area contributed by atoms with Gasteiger partial charge in [0.25, 0.3) is 11.8 Å². The number of pyridine rings is 1. The Labute approximate surface area is 212 Å². The van der Waals surface area contributed by atoms with E-state index in [1.54, 1.807) is 25.7 Å². The Hall–Kier alpha value is -2.73. The number of aliphatic hydroxyl groups is 1. The molecule has 0 bridgehead atoms. The van der Waals surface area contributed by atoms with Crippen LogP contribution in [-0.4, -0.2) is 68.2 Å². The number of nitrogens with zero attached hydrogens (tertiary/aromatic N) is 3. The van der Waals surface area contributed by atoms with Gasteiger partial charge in [0.1, 0.15) is 17.1 Å². The topological polar surface area (TPSA) is 107 Å². The number of carbonyl (C=O) groups excluding carboxylic acids is 2. The summed E-state index contributed by atoms with van der Waals surface area (Å²) >= 11 is 1.00. The summed E-state index contributed by atoms with van der Waals surface area (Å²) in [6.07, 6.45) is -1.38. The van der Waals surface area contributed by atoms with E-state index in [1.807, 2.05) is 6.92 Å². The van der Waals surface area contributed by atoms with Crippen LogP contribution in [-0.2, 0) is 0 Å². The fourth-order valence-corrected chi connectivity index (χ4v) is 4.79. The van der Waals surface area contributed by atoms with Gasteiger partial charge in [-0.2, -0.15) is 13.2 Å². The fourth-order valence-electron chi connectivity index (χ4n) is 3.74. The Morgan fingerprint density at radius 3 is 2.44 bits per heavy atom. The maximum absolute atomic E-state index is 13.4. The van der Waals surface area contributed by atoms with Crippen LogP contribution >= 0.6 is 11.3 Å². The number of rotatable bonds is 7. The van der Waals surface area contributed by atoms with Crippen molar-refractivity contribution in [2.24, 2.45) is 0 Å². The van der Waals surface area contributed by atoms with Crippen molar-refractivity contribution in [3.63, 3.8) is 0 Å². The number of anilines is 1. The van der Waals surface area contributed by atoms with Crippen LogP contribution in [0.15, 0.2) is 12.3 Å². The largest absolute Gasteiger partial charge is 0.410 e. The van der Waals surface area contributed by atoms with Crippen LogP contribution in [0.3, 0.4) is 0 Å². The average Bonchev–Trinajstić information content (AvgIpc) is 3.36. The lowest BCUT2D eigenvalue weighted by molar-refractivity contribution is -0.168. The average molecular weight is 528 g/mol. The van der Waals surface area contributed by atoms with Crippen molar-refractivity contribution in [3.05, 3.63) is 28.5 Å². The zero-order valence-corrected chi connectivity index (χ0v) is 22.0. The lowest BCUT2D eigenvalue weighted by atomic mass is 10.0. The highest BCUT2D eigenvalue weighted by Crippen LogP contribution is 2.37. The number of nitrogens with one attached hydrogen (secondary N) is 2. The molecule has 1 aliphatic heterocycles. The molecule has 2 amide bonds. The van der Waals surface area contributed by atoms with Gasteiger partial charge in [0.05, 0.1) is 10.5 Å². The number of likely N-dealkylation sites (tertiary alicyclic amines) is 1. The standard InChI is InChI=1S/C24H32F3N5O3S/c1-13-10-16(31-23(5,6)24(25,26)27)28-11-15(13)18-17(21(34)32-9-7-8-14(32)2)30-20(36-18)19(33)29-12-22(3,4)35/h10-11,14,35H,7-9,12H2,1-6H3,(H,28,31)(H,29,33)/t14-/m0/s1. The highest BCUT2D eigenvalue weighted by atomic mass is 32.1. The summed E-state index contributed by atoms with van der Waals surface area (Å²) in [5.41, 5.74) is -2.16. The molecule has 1 aliphatic rings. The maximum atomic E-state index is 13.4. The third kappa shape index (κ3) is 6.15. The van der Waals surface area contributed by atoms with Crippen molar-refractivity contribution in [1.29, 1.82) is 0 Å². The Morgan fingerprint density at radius 2 is 1.92 bits per heavy atom. The van der Waals surface area contributed by atoms with Crippen LogP contribution in [0.5, 0.6) is 0 Å². The Kier molecular flexibility index (Phi) is 7.71. The molecule has 0 spiro atoms. The Balaban J connectivity index is 2.00. The summed E-state index contributed by atoms with van der Waals surface area (Å²) < 4.78 is 39.9. The van der Waals surface area contributed by atoms with E-state index in [9.17, 15) is 27.9 Å². The molecule has 1 atom stereocenters. The number of aryl methyl sites for hydroxylation is 1. The molecule has 0 radical (unpaired) electrons. The van der Waals surface area contributed by atoms with Gasteiger partial charge in [-0.05, 0) is 66.0 Å². The van der Waals surface area contributed by atoms with E-state index < -0.39 is 23.2 Å². The smallest absolute Gasteiger partial charge is 0.389 e. The number of alkyl halides is 3. The number of halogens is 3. The second-order valence-corrected chi connectivity index (χ2v) is 11.3. The number of thiazole rings is 1. The van der Waals surface area contributed by atoms with Gasteiger partial charge >= 0.3 is 6.18 Å². The van der Waals surface area contributed by atoms with Gasteiger partial charge in [-0.25, -0.2) is 9.97 Å². The Morgan fingerprint density at radius 1 is 1.25 bits per heavy atom. The highest BCUT2D eigenvalue weighted by molar-refractivity contribution is 7.17. The van der Waals surface area contributed by atoms with Crippen LogP contribution in [0.2, 0.25) is 0 Å². The van der Waals surface area contributed by atoms with Gasteiger partial charge in [-0.15, -0.1) is 11.3 Å². The summed E-state index contributed by atoms with van der Waals surface area (Å²) in [6, 6.07) is 1.50. The number of hydrogen-bond donors (Lipinski definition) is 3. The molecule has 1 saturated heterocycles. The number of hydrogen-bond acceptors (Lipinski definition) is 7. The normalized spacial score (nSPS) is 16.8. The van der Waals surface area contributed by atoms with Crippen molar-refractivity contribution in [2.45, 2.75) is 77.7 Å². The molecular formula is C24H32F3N5O3S. The molecule has 2 aromatic rings. The van der Waals surface area contributed by atoms with Crippen molar-refractivity contribution >= 4 is 29.0 Å². The molecule has 0 unspecified atom stereocenters. The quantitative estimate of drug-likeness (QED) is 0.493. The molecule has 3 heterocycles. The maximum Gasteiger partial charge on any atom is 0.410 e. The molecule has 2 aromatic heterocycles. The van der Waals surface area contributed by atoms with Crippen LogP contribution in [0.1, 0.15) is 73.3 Å². The van der Waals surface area contributed by atoms with Crippen molar-refractivity contribution < 1.29 is 27.9 Å². The fraction of sp³-hybridized carbons (Fsp3) is 0.583. The van der Waals surface area contributed by atoms with Crippen LogP contribution in [0.4, 0.5) is 19.0 Å². The molecule has 8 nitrogen and oxygen atoms in total. The predicted molar refractivity (Wildman–Crippen MR) is 132 cm³/mol. The van der Waals surface area contributed by atoms with Gasteiger partial charge in [-0.1, -0.05) is 0 Å². The van der Waals surface area contributed by atoms with Crippen LogP contribution in [0.25, 0.3) is 10.4 Å². The summed E-state index contributed by atoms with van der Waals surface area (Å²) in [6.45, 7) is 9.35. The molecular weight excluding hydrogens is 495 g/mol. The first-order chi connectivity index (χ1) is 16.5. The van der Waals surface area contributed by atoms with Gasteiger partial charge in [0, 0.05) is 30.9 Å². The first kappa shape index (κ1) is 27.9. The lowest BCUT2D eigenvalue weighted by Crippen LogP contribution is -2.46.